The number of rotatable bonds is 5. The normalized spacial score (nSPS) is 10.5. The zero-order valence-electron chi connectivity index (χ0n) is 10.2. The monoisotopic (exact) mass is 302 g/mol. The molecule has 0 aliphatic rings. The molecule has 0 aromatic heterocycles. The van der Waals surface area contributed by atoms with E-state index in [0.717, 1.165) is 12.2 Å². The molecule has 0 unspecified atom stereocenters. The molecule has 0 saturated heterocycles. The molecule has 0 radical (unpaired) electrons. The van der Waals surface area contributed by atoms with Crippen LogP contribution in [0.4, 0.5) is 0 Å². The van der Waals surface area contributed by atoms with Gasteiger partial charge in [0.1, 0.15) is 5.75 Å². The molecule has 0 heterocycles. The van der Waals surface area contributed by atoms with Gasteiger partial charge in [0.15, 0.2) is 0 Å². The molecule has 1 aromatic rings. The Balaban J connectivity index is 2.53. The zero-order chi connectivity index (χ0) is 14.3. The van der Waals surface area contributed by atoms with E-state index in [9.17, 15) is 9.59 Å². The van der Waals surface area contributed by atoms with Crippen LogP contribution in [0.25, 0.3) is 0 Å². The molecule has 0 aliphatic carbocycles. The lowest BCUT2D eigenvalue weighted by atomic mass is 10.3. The lowest BCUT2D eigenvalue weighted by molar-refractivity contribution is -0.138. The second kappa shape index (κ2) is 7.81. The van der Waals surface area contributed by atoms with Gasteiger partial charge in [-0.05, 0) is 18.6 Å². The number of hydrogen-bond acceptors (Lipinski definition) is 4. The third-order valence-electron chi connectivity index (χ3n) is 1.91. The summed E-state index contributed by atoms with van der Waals surface area (Å²) in [6.45, 7) is 2.18. The fourth-order valence-corrected chi connectivity index (χ4v) is 1.37. The van der Waals surface area contributed by atoms with E-state index in [-0.39, 0.29) is 10.8 Å². The predicted octanol–water partition coefficient (Wildman–Crippen LogP) is 3.41. The summed E-state index contributed by atoms with van der Waals surface area (Å²) in [5.74, 6) is -1.05. The number of ether oxygens (including phenoxy) is 2. The van der Waals surface area contributed by atoms with Gasteiger partial charge < -0.3 is 9.47 Å². The summed E-state index contributed by atoms with van der Waals surface area (Å²) >= 11 is 11.5. The third-order valence-corrected chi connectivity index (χ3v) is 2.65. The van der Waals surface area contributed by atoms with Gasteiger partial charge in [-0.2, -0.15) is 0 Å². The summed E-state index contributed by atoms with van der Waals surface area (Å²) in [6, 6.07) is 4.41. The van der Waals surface area contributed by atoms with Crippen molar-refractivity contribution in [3.8, 4) is 5.75 Å². The SMILES string of the molecule is CCCOC(=O)/C=C/C(=O)Oc1ccc(Cl)c(Cl)c1. The maximum Gasteiger partial charge on any atom is 0.336 e. The molecule has 4 nitrogen and oxygen atoms in total. The van der Waals surface area contributed by atoms with E-state index in [0.29, 0.717) is 18.1 Å². The van der Waals surface area contributed by atoms with Crippen molar-refractivity contribution in [3.05, 3.63) is 40.4 Å². The number of esters is 2. The summed E-state index contributed by atoms with van der Waals surface area (Å²) in [5, 5.41) is 0.637. The van der Waals surface area contributed by atoms with Gasteiger partial charge in [-0.25, -0.2) is 9.59 Å². The Morgan fingerprint density at radius 2 is 1.84 bits per heavy atom. The van der Waals surface area contributed by atoms with E-state index in [4.69, 9.17) is 32.7 Å². The molecule has 0 atom stereocenters. The van der Waals surface area contributed by atoms with Crippen molar-refractivity contribution >= 4 is 35.1 Å². The van der Waals surface area contributed by atoms with E-state index < -0.39 is 11.9 Å². The van der Waals surface area contributed by atoms with Crippen LogP contribution in [0.2, 0.25) is 10.0 Å². The topological polar surface area (TPSA) is 52.6 Å². The highest BCUT2D eigenvalue weighted by atomic mass is 35.5. The molecule has 6 heteroatoms. The van der Waals surface area contributed by atoms with E-state index in [2.05, 4.69) is 0 Å². The maximum atomic E-state index is 11.4. The van der Waals surface area contributed by atoms with Gasteiger partial charge in [0.2, 0.25) is 0 Å². The van der Waals surface area contributed by atoms with Crippen molar-refractivity contribution in [2.24, 2.45) is 0 Å². The molecule has 1 aromatic carbocycles. The first-order valence-electron chi connectivity index (χ1n) is 5.54. The van der Waals surface area contributed by atoms with Crippen molar-refractivity contribution in [2.75, 3.05) is 6.61 Å². The fourth-order valence-electron chi connectivity index (χ4n) is 1.08. The van der Waals surface area contributed by atoms with Gasteiger partial charge in [-0.15, -0.1) is 0 Å². The van der Waals surface area contributed by atoms with Crippen LogP contribution in [-0.2, 0) is 14.3 Å². The van der Waals surface area contributed by atoms with Crippen molar-refractivity contribution in [2.45, 2.75) is 13.3 Å². The largest absolute Gasteiger partial charge is 0.463 e. The first kappa shape index (κ1) is 15.5. The Hall–Kier alpha value is -1.52. The summed E-state index contributed by atoms with van der Waals surface area (Å²) in [5.41, 5.74) is 0. The molecular weight excluding hydrogens is 291 g/mol. The molecule has 0 aliphatic heterocycles. The lowest BCUT2D eigenvalue weighted by Gasteiger charge is -2.02. The molecule has 0 fully saturated rings. The average molecular weight is 303 g/mol. The number of carbonyl (C=O) groups excluding carboxylic acids is 2. The number of benzene rings is 1. The Morgan fingerprint density at radius 3 is 2.47 bits per heavy atom. The minimum Gasteiger partial charge on any atom is -0.463 e. The van der Waals surface area contributed by atoms with Crippen LogP contribution in [0.15, 0.2) is 30.4 Å². The standard InChI is InChI=1S/C13H12Cl2O4/c1-2-7-18-12(16)5-6-13(17)19-9-3-4-10(14)11(15)8-9/h3-6,8H,2,7H2,1H3/b6-5+. The van der Waals surface area contributed by atoms with Crippen LogP contribution in [0.1, 0.15) is 13.3 Å². The quantitative estimate of drug-likeness (QED) is 0.475. The minimum atomic E-state index is -0.702. The van der Waals surface area contributed by atoms with Crippen molar-refractivity contribution in [3.63, 3.8) is 0 Å². The summed E-state index contributed by atoms with van der Waals surface area (Å²) in [7, 11) is 0. The molecular formula is C13H12Cl2O4. The molecule has 102 valence electrons. The Labute approximate surface area is 120 Å². The van der Waals surface area contributed by atoms with Crippen LogP contribution in [0.5, 0.6) is 5.75 Å². The van der Waals surface area contributed by atoms with E-state index in [1.165, 1.54) is 18.2 Å². The van der Waals surface area contributed by atoms with Crippen molar-refractivity contribution in [1.82, 2.24) is 0 Å². The van der Waals surface area contributed by atoms with Gasteiger partial charge in [0.05, 0.1) is 16.7 Å². The summed E-state index contributed by atoms with van der Waals surface area (Å²) in [4.78, 5) is 22.5. The van der Waals surface area contributed by atoms with E-state index in [1.807, 2.05) is 6.92 Å². The third kappa shape index (κ3) is 5.77. The van der Waals surface area contributed by atoms with Gasteiger partial charge in [0, 0.05) is 18.2 Å². The first-order chi connectivity index (χ1) is 9.02. The molecule has 0 spiro atoms. The molecule has 0 bridgehead atoms. The smallest absolute Gasteiger partial charge is 0.336 e. The molecule has 1 rings (SSSR count). The Morgan fingerprint density at radius 1 is 1.16 bits per heavy atom. The minimum absolute atomic E-state index is 0.242. The molecule has 0 amide bonds. The summed E-state index contributed by atoms with van der Waals surface area (Å²) in [6.07, 6.45) is 2.71. The van der Waals surface area contributed by atoms with Crippen LogP contribution in [-0.4, -0.2) is 18.5 Å². The van der Waals surface area contributed by atoms with Gasteiger partial charge in [-0.3, -0.25) is 0 Å². The van der Waals surface area contributed by atoms with Gasteiger partial charge >= 0.3 is 11.9 Å². The van der Waals surface area contributed by atoms with Crippen molar-refractivity contribution < 1.29 is 19.1 Å². The van der Waals surface area contributed by atoms with E-state index in [1.54, 1.807) is 0 Å². The highest BCUT2D eigenvalue weighted by molar-refractivity contribution is 6.42. The fraction of sp³-hybridized carbons (Fsp3) is 0.231. The zero-order valence-corrected chi connectivity index (χ0v) is 11.7. The van der Waals surface area contributed by atoms with Crippen LogP contribution in [0, 0.1) is 0 Å². The predicted molar refractivity (Wildman–Crippen MR) is 72.5 cm³/mol. The highest BCUT2D eigenvalue weighted by Crippen LogP contribution is 2.26. The summed E-state index contributed by atoms with van der Waals surface area (Å²) < 4.78 is 9.68. The number of hydrogen-bond donors (Lipinski definition) is 0. The second-order valence-corrected chi connectivity index (χ2v) is 4.31. The molecule has 19 heavy (non-hydrogen) atoms. The van der Waals surface area contributed by atoms with Crippen molar-refractivity contribution in [1.29, 1.82) is 0 Å². The van der Waals surface area contributed by atoms with E-state index >= 15 is 0 Å². The van der Waals surface area contributed by atoms with Gasteiger partial charge in [-0.1, -0.05) is 30.1 Å². The Bertz CT molecular complexity index is 497. The maximum absolute atomic E-state index is 11.4. The first-order valence-corrected chi connectivity index (χ1v) is 6.30. The van der Waals surface area contributed by atoms with Crippen LogP contribution in [0.3, 0.4) is 0 Å². The average Bonchev–Trinajstić information content (AvgIpc) is 2.38. The van der Waals surface area contributed by atoms with Gasteiger partial charge in [0.25, 0.3) is 0 Å². The Kier molecular flexibility index (Phi) is 6.39. The molecule has 0 saturated carbocycles. The number of carbonyl (C=O) groups is 2. The lowest BCUT2D eigenvalue weighted by Crippen LogP contribution is -2.07. The second-order valence-electron chi connectivity index (χ2n) is 3.50. The van der Waals surface area contributed by atoms with Crippen LogP contribution < -0.4 is 4.74 Å². The molecule has 0 N–H and O–H groups in total. The highest BCUT2D eigenvalue weighted by Gasteiger charge is 2.05. The number of halogens is 2. The van der Waals surface area contributed by atoms with Crippen LogP contribution >= 0.6 is 23.2 Å².